The van der Waals surface area contributed by atoms with Crippen molar-refractivity contribution in [2.45, 2.75) is 11.4 Å². The Hall–Kier alpha value is -3.42. The van der Waals surface area contributed by atoms with Crippen LogP contribution in [-0.2, 0) is 16.6 Å². The number of hydrogen-bond donors (Lipinski definition) is 1. The Labute approximate surface area is 201 Å². The average molecular weight is 521 g/mol. The Balaban J connectivity index is 1.78. The molecule has 7 heteroatoms. The van der Waals surface area contributed by atoms with E-state index in [4.69, 9.17) is 0 Å². The summed E-state index contributed by atoms with van der Waals surface area (Å²) in [4.78, 5) is 13.4. The first-order valence-corrected chi connectivity index (χ1v) is 12.5. The summed E-state index contributed by atoms with van der Waals surface area (Å²) in [5, 5.41) is 2.86. The Bertz CT molecular complexity index is 1360. The molecule has 1 N–H and O–H groups in total. The Morgan fingerprint density at radius 3 is 2.12 bits per heavy atom. The maximum atomic E-state index is 13.7. The molecule has 0 aromatic heterocycles. The van der Waals surface area contributed by atoms with Gasteiger partial charge in [0.25, 0.3) is 15.9 Å². The third kappa shape index (κ3) is 5.32. The number of amides is 1. The van der Waals surface area contributed by atoms with Crippen LogP contribution in [0.5, 0.6) is 0 Å². The molecular formula is C26H21BrN2O3S. The van der Waals surface area contributed by atoms with Gasteiger partial charge in [-0.05, 0) is 48.0 Å². The van der Waals surface area contributed by atoms with Crippen molar-refractivity contribution < 1.29 is 13.2 Å². The molecule has 4 aromatic rings. The van der Waals surface area contributed by atoms with Crippen molar-refractivity contribution in [2.75, 3.05) is 9.62 Å². The van der Waals surface area contributed by atoms with Gasteiger partial charge in [-0.25, -0.2) is 8.42 Å². The summed E-state index contributed by atoms with van der Waals surface area (Å²) in [7, 11) is -3.94. The summed E-state index contributed by atoms with van der Waals surface area (Å²) in [6.45, 7) is 0.0826. The van der Waals surface area contributed by atoms with Crippen LogP contribution in [0.15, 0.2) is 119 Å². The van der Waals surface area contributed by atoms with Crippen molar-refractivity contribution in [3.8, 4) is 0 Å². The number of carbonyl (C=O) groups is 1. The molecule has 5 nitrogen and oxygen atoms in total. The predicted octanol–water partition coefficient (Wildman–Crippen LogP) is 6.10. The van der Waals surface area contributed by atoms with Crippen molar-refractivity contribution >= 4 is 43.2 Å². The summed E-state index contributed by atoms with van der Waals surface area (Å²) in [6.07, 6.45) is 0. The number of rotatable bonds is 7. The fraction of sp³-hybridized carbons (Fsp3) is 0.0385. The SMILES string of the molecule is O=C(Nc1cccc(Br)c1)c1ccccc1N(Cc1ccccc1)S(=O)(=O)c1ccccc1. The third-order valence-corrected chi connectivity index (χ3v) is 7.27. The van der Waals surface area contributed by atoms with Crippen molar-refractivity contribution in [2.24, 2.45) is 0 Å². The third-order valence-electron chi connectivity index (χ3n) is 5.00. The van der Waals surface area contributed by atoms with E-state index in [1.165, 1.54) is 4.31 Å². The molecule has 166 valence electrons. The van der Waals surface area contributed by atoms with Crippen LogP contribution in [0.4, 0.5) is 11.4 Å². The normalized spacial score (nSPS) is 11.1. The van der Waals surface area contributed by atoms with Crippen LogP contribution in [0.2, 0.25) is 0 Å². The zero-order valence-electron chi connectivity index (χ0n) is 17.6. The maximum Gasteiger partial charge on any atom is 0.264 e. The molecule has 4 aromatic carbocycles. The van der Waals surface area contributed by atoms with Crippen molar-refractivity contribution in [3.05, 3.63) is 125 Å². The van der Waals surface area contributed by atoms with Gasteiger partial charge < -0.3 is 5.32 Å². The molecule has 0 bridgehead atoms. The lowest BCUT2D eigenvalue weighted by molar-refractivity contribution is 0.102. The minimum absolute atomic E-state index is 0.0826. The lowest BCUT2D eigenvalue weighted by Gasteiger charge is -2.26. The number of halogens is 1. The summed E-state index contributed by atoms with van der Waals surface area (Å²) >= 11 is 3.40. The fourth-order valence-corrected chi connectivity index (χ4v) is 5.31. The zero-order valence-corrected chi connectivity index (χ0v) is 20.0. The van der Waals surface area contributed by atoms with Crippen molar-refractivity contribution in [3.63, 3.8) is 0 Å². The highest BCUT2D eigenvalue weighted by Crippen LogP contribution is 2.30. The van der Waals surface area contributed by atoms with E-state index >= 15 is 0 Å². The van der Waals surface area contributed by atoms with Crippen LogP contribution in [0.25, 0.3) is 0 Å². The van der Waals surface area contributed by atoms with E-state index in [1.54, 1.807) is 66.7 Å². The molecule has 1 amide bonds. The molecule has 0 unspecified atom stereocenters. The molecule has 0 fully saturated rings. The second-order valence-electron chi connectivity index (χ2n) is 7.29. The molecular weight excluding hydrogens is 500 g/mol. The summed E-state index contributed by atoms with van der Waals surface area (Å²) in [5.74, 6) is -0.398. The van der Waals surface area contributed by atoms with Gasteiger partial charge in [0, 0.05) is 10.2 Å². The highest BCUT2D eigenvalue weighted by Gasteiger charge is 2.28. The molecule has 0 aliphatic carbocycles. The second kappa shape index (κ2) is 10.0. The van der Waals surface area contributed by atoms with E-state index < -0.39 is 15.9 Å². The minimum Gasteiger partial charge on any atom is -0.322 e. The molecule has 0 spiro atoms. The first-order valence-electron chi connectivity index (χ1n) is 10.2. The standard InChI is InChI=1S/C26H21BrN2O3S/c27-21-12-9-13-22(18-21)28-26(30)24-16-7-8-17-25(24)29(19-20-10-3-1-4-11-20)33(31,32)23-14-5-2-6-15-23/h1-18H,19H2,(H,28,30). The number of sulfonamides is 1. The van der Waals surface area contributed by atoms with E-state index in [2.05, 4.69) is 21.2 Å². The van der Waals surface area contributed by atoms with Gasteiger partial charge in [-0.1, -0.05) is 82.7 Å². The molecule has 0 atom stereocenters. The summed E-state index contributed by atoms with van der Waals surface area (Å²) in [6, 6.07) is 31.5. The monoisotopic (exact) mass is 520 g/mol. The van der Waals surface area contributed by atoms with E-state index in [0.29, 0.717) is 11.4 Å². The number of nitrogens with one attached hydrogen (secondary N) is 1. The molecule has 33 heavy (non-hydrogen) atoms. The predicted molar refractivity (Wildman–Crippen MR) is 135 cm³/mol. The van der Waals surface area contributed by atoms with E-state index in [1.807, 2.05) is 42.5 Å². The van der Waals surface area contributed by atoms with Gasteiger partial charge in [0.2, 0.25) is 0 Å². The number of para-hydroxylation sites is 1. The highest BCUT2D eigenvalue weighted by molar-refractivity contribution is 9.10. The summed E-state index contributed by atoms with van der Waals surface area (Å²) < 4.78 is 29.5. The lowest BCUT2D eigenvalue weighted by atomic mass is 10.1. The van der Waals surface area contributed by atoms with Crippen LogP contribution >= 0.6 is 15.9 Å². The Morgan fingerprint density at radius 2 is 1.42 bits per heavy atom. The number of hydrogen-bond acceptors (Lipinski definition) is 3. The van der Waals surface area contributed by atoms with Gasteiger partial charge in [0.15, 0.2) is 0 Å². The maximum absolute atomic E-state index is 13.7. The van der Waals surface area contributed by atoms with Crippen molar-refractivity contribution in [1.82, 2.24) is 0 Å². The number of carbonyl (C=O) groups excluding carboxylic acids is 1. The van der Waals surface area contributed by atoms with E-state index in [-0.39, 0.29) is 17.0 Å². The van der Waals surface area contributed by atoms with E-state index in [0.717, 1.165) is 10.0 Å². The minimum atomic E-state index is -3.94. The van der Waals surface area contributed by atoms with Gasteiger partial charge in [-0.3, -0.25) is 9.10 Å². The van der Waals surface area contributed by atoms with Gasteiger partial charge >= 0.3 is 0 Å². The van der Waals surface area contributed by atoms with Gasteiger partial charge in [0.05, 0.1) is 22.7 Å². The fourth-order valence-electron chi connectivity index (χ4n) is 3.42. The number of anilines is 2. The Morgan fingerprint density at radius 1 is 0.788 bits per heavy atom. The quantitative estimate of drug-likeness (QED) is 0.320. The zero-order chi connectivity index (χ0) is 23.3. The molecule has 0 aliphatic rings. The van der Waals surface area contributed by atoms with Gasteiger partial charge in [-0.2, -0.15) is 0 Å². The van der Waals surface area contributed by atoms with Crippen LogP contribution in [0, 0.1) is 0 Å². The molecule has 0 saturated heterocycles. The molecule has 0 aliphatic heterocycles. The Kier molecular flexibility index (Phi) is 6.91. The summed E-state index contributed by atoms with van der Waals surface area (Å²) in [5.41, 5.74) is 1.97. The molecule has 0 radical (unpaired) electrons. The smallest absolute Gasteiger partial charge is 0.264 e. The second-order valence-corrected chi connectivity index (χ2v) is 10.1. The van der Waals surface area contributed by atoms with Crippen molar-refractivity contribution in [1.29, 1.82) is 0 Å². The number of nitrogens with zero attached hydrogens (tertiary/aromatic N) is 1. The number of benzene rings is 4. The molecule has 4 rings (SSSR count). The van der Waals surface area contributed by atoms with Gasteiger partial charge in [0.1, 0.15) is 0 Å². The topological polar surface area (TPSA) is 66.5 Å². The van der Waals surface area contributed by atoms with E-state index in [9.17, 15) is 13.2 Å². The van der Waals surface area contributed by atoms with Crippen LogP contribution in [0.1, 0.15) is 15.9 Å². The molecule has 0 saturated carbocycles. The van der Waals surface area contributed by atoms with Gasteiger partial charge in [-0.15, -0.1) is 0 Å². The van der Waals surface area contributed by atoms with Crippen LogP contribution in [-0.4, -0.2) is 14.3 Å². The largest absolute Gasteiger partial charge is 0.322 e. The van der Waals surface area contributed by atoms with Crippen LogP contribution in [0.3, 0.4) is 0 Å². The molecule has 0 heterocycles. The highest BCUT2D eigenvalue weighted by atomic mass is 79.9. The lowest BCUT2D eigenvalue weighted by Crippen LogP contribution is -2.32. The average Bonchev–Trinajstić information content (AvgIpc) is 2.84. The first-order chi connectivity index (χ1) is 15.9. The first kappa shape index (κ1) is 22.8. The van der Waals surface area contributed by atoms with Crippen LogP contribution < -0.4 is 9.62 Å².